The van der Waals surface area contributed by atoms with Gasteiger partial charge in [-0.3, -0.25) is 4.79 Å². The molecule has 0 amide bonds. The number of aromatic nitrogens is 1. The van der Waals surface area contributed by atoms with Crippen molar-refractivity contribution >= 4 is 33.7 Å². The van der Waals surface area contributed by atoms with Crippen LogP contribution in [0.25, 0.3) is 0 Å². The topological polar surface area (TPSA) is 50.2 Å². The lowest BCUT2D eigenvalue weighted by Gasteiger charge is -2.08. The predicted molar refractivity (Wildman–Crippen MR) is 64.2 cm³/mol. The summed E-state index contributed by atoms with van der Waals surface area (Å²) < 4.78 is 0.970. The molecule has 3 nitrogen and oxygen atoms in total. The van der Waals surface area contributed by atoms with E-state index in [1.54, 1.807) is 6.20 Å². The summed E-state index contributed by atoms with van der Waals surface area (Å²) in [6, 6.07) is 1.95. The van der Waals surface area contributed by atoms with E-state index in [2.05, 4.69) is 20.9 Å². The summed E-state index contributed by atoms with van der Waals surface area (Å²) >= 11 is 4.85. The second kappa shape index (κ2) is 5.51. The second-order valence-corrected chi connectivity index (χ2v) is 5.61. The van der Waals surface area contributed by atoms with E-state index in [4.69, 9.17) is 5.11 Å². The number of halogens is 1. The van der Waals surface area contributed by atoms with Gasteiger partial charge < -0.3 is 5.11 Å². The number of hydrogen-bond donors (Lipinski definition) is 1. The number of carboxylic acids is 1. The summed E-state index contributed by atoms with van der Waals surface area (Å²) in [6.45, 7) is 3.87. The van der Waals surface area contributed by atoms with Crippen LogP contribution in [0.15, 0.2) is 21.8 Å². The molecule has 0 aliphatic rings. The molecular weight excluding hydrogens is 278 g/mol. The van der Waals surface area contributed by atoms with Gasteiger partial charge in [0.1, 0.15) is 0 Å². The summed E-state index contributed by atoms with van der Waals surface area (Å²) in [4.78, 5) is 14.7. The highest BCUT2D eigenvalue weighted by Gasteiger charge is 2.10. The van der Waals surface area contributed by atoms with E-state index >= 15 is 0 Å². The first-order valence-corrected chi connectivity index (χ1v) is 6.17. The first kappa shape index (κ1) is 12.5. The molecule has 1 unspecified atom stereocenters. The van der Waals surface area contributed by atoms with E-state index in [1.165, 1.54) is 11.8 Å². The molecule has 1 aromatic rings. The van der Waals surface area contributed by atoms with Gasteiger partial charge >= 0.3 is 5.97 Å². The number of pyridine rings is 1. The van der Waals surface area contributed by atoms with E-state index in [0.29, 0.717) is 0 Å². The number of hydrogen-bond acceptors (Lipinski definition) is 3. The molecule has 1 N–H and O–H groups in total. The minimum atomic E-state index is -0.774. The monoisotopic (exact) mass is 289 g/mol. The first-order valence-electron chi connectivity index (χ1n) is 4.49. The quantitative estimate of drug-likeness (QED) is 0.866. The van der Waals surface area contributed by atoms with Crippen LogP contribution in [0.2, 0.25) is 0 Å². The fourth-order valence-corrected chi connectivity index (χ4v) is 2.29. The number of thioether (sulfide) groups is 1. The van der Waals surface area contributed by atoms with Crippen LogP contribution in [0.3, 0.4) is 0 Å². The lowest BCUT2D eigenvalue weighted by molar-refractivity contribution is -0.136. The van der Waals surface area contributed by atoms with Gasteiger partial charge in [0.2, 0.25) is 0 Å². The van der Waals surface area contributed by atoms with Crippen molar-refractivity contribution in [1.82, 2.24) is 4.98 Å². The van der Waals surface area contributed by atoms with Crippen LogP contribution >= 0.6 is 27.7 Å². The third-order valence-electron chi connectivity index (χ3n) is 1.81. The van der Waals surface area contributed by atoms with E-state index in [9.17, 15) is 4.79 Å². The largest absolute Gasteiger partial charge is 0.481 e. The Morgan fingerprint density at radius 3 is 2.93 bits per heavy atom. The molecule has 82 valence electrons. The zero-order valence-corrected chi connectivity index (χ0v) is 10.9. The molecule has 0 aliphatic carbocycles. The van der Waals surface area contributed by atoms with Gasteiger partial charge in [0, 0.05) is 15.9 Å². The smallest absolute Gasteiger partial charge is 0.304 e. The maximum absolute atomic E-state index is 10.5. The normalized spacial score (nSPS) is 12.5. The van der Waals surface area contributed by atoms with Gasteiger partial charge in [0.25, 0.3) is 0 Å². The number of rotatable bonds is 4. The van der Waals surface area contributed by atoms with Crippen molar-refractivity contribution in [2.45, 2.75) is 30.5 Å². The van der Waals surface area contributed by atoms with Crippen LogP contribution in [0.1, 0.15) is 18.9 Å². The Bertz CT molecular complexity index is 370. The Balaban J connectivity index is 2.64. The molecule has 1 aromatic heterocycles. The third kappa shape index (κ3) is 4.22. The summed E-state index contributed by atoms with van der Waals surface area (Å²) in [5.74, 6) is -0.774. The first-order chi connectivity index (χ1) is 6.99. The van der Waals surface area contributed by atoms with E-state index in [-0.39, 0.29) is 11.7 Å². The van der Waals surface area contributed by atoms with Gasteiger partial charge in [0.05, 0.1) is 11.4 Å². The van der Waals surface area contributed by atoms with Crippen LogP contribution < -0.4 is 0 Å². The zero-order chi connectivity index (χ0) is 11.4. The molecule has 0 fully saturated rings. The summed E-state index contributed by atoms with van der Waals surface area (Å²) in [5, 5.41) is 9.52. The highest BCUT2D eigenvalue weighted by atomic mass is 79.9. The Kier molecular flexibility index (Phi) is 4.60. The minimum absolute atomic E-state index is 0.0376. The van der Waals surface area contributed by atoms with Crippen molar-refractivity contribution in [3.8, 4) is 0 Å². The molecule has 0 saturated carbocycles. The molecule has 0 spiro atoms. The predicted octanol–water partition coefficient (Wildman–Crippen LogP) is 3.11. The summed E-state index contributed by atoms with van der Waals surface area (Å²) in [5.41, 5.74) is 1.11. The lowest BCUT2D eigenvalue weighted by atomic mass is 10.3. The van der Waals surface area contributed by atoms with E-state index in [1.807, 2.05) is 19.9 Å². The van der Waals surface area contributed by atoms with Gasteiger partial charge in [-0.05, 0) is 34.5 Å². The Labute approximate surface area is 101 Å². The number of carbonyl (C=O) groups is 1. The van der Waals surface area contributed by atoms with Gasteiger partial charge in [-0.1, -0.05) is 6.92 Å². The fraction of sp³-hybridized carbons (Fsp3) is 0.400. The van der Waals surface area contributed by atoms with Crippen LogP contribution in [-0.4, -0.2) is 21.3 Å². The average Bonchev–Trinajstić information content (AvgIpc) is 2.10. The van der Waals surface area contributed by atoms with Crippen molar-refractivity contribution < 1.29 is 9.90 Å². The summed E-state index contributed by atoms with van der Waals surface area (Å²) in [6.07, 6.45) is 1.90. The molecular formula is C10H12BrNO2S. The van der Waals surface area contributed by atoms with Crippen molar-refractivity contribution in [3.63, 3.8) is 0 Å². The van der Waals surface area contributed by atoms with Crippen LogP contribution in [0.5, 0.6) is 0 Å². The van der Waals surface area contributed by atoms with Crippen molar-refractivity contribution in [1.29, 1.82) is 0 Å². The second-order valence-electron chi connectivity index (χ2n) is 3.30. The molecule has 5 heteroatoms. The zero-order valence-electron chi connectivity index (χ0n) is 8.53. The third-order valence-corrected chi connectivity index (χ3v) is 3.67. The lowest BCUT2D eigenvalue weighted by Crippen LogP contribution is -2.05. The maximum Gasteiger partial charge on any atom is 0.304 e. The molecule has 1 rings (SSSR count). The van der Waals surface area contributed by atoms with E-state index in [0.717, 1.165) is 15.1 Å². The highest BCUT2D eigenvalue weighted by Crippen LogP contribution is 2.26. The molecule has 0 bridgehead atoms. The van der Waals surface area contributed by atoms with Crippen LogP contribution in [0, 0.1) is 6.92 Å². The maximum atomic E-state index is 10.5. The highest BCUT2D eigenvalue weighted by molar-refractivity contribution is 9.10. The molecule has 0 aliphatic heterocycles. The Hall–Kier alpha value is -0.550. The van der Waals surface area contributed by atoms with Gasteiger partial charge in [-0.25, -0.2) is 4.98 Å². The Morgan fingerprint density at radius 2 is 2.40 bits per heavy atom. The summed E-state index contributed by atoms with van der Waals surface area (Å²) in [7, 11) is 0. The van der Waals surface area contributed by atoms with Crippen molar-refractivity contribution in [2.24, 2.45) is 0 Å². The number of carboxylic acid groups (broad SMARTS) is 1. The number of aryl methyl sites for hydroxylation is 1. The van der Waals surface area contributed by atoms with Gasteiger partial charge in [-0.15, -0.1) is 11.8 Å². The molecule has 1 atom stereocenters. The Morgan fingerprint density at radius 1 is 1.73 bits per heavy atom. The number of aliphatic carboxylic acids is 1. The van der Waals surface area contributed by atoms with Crippen LogP contribution in [0.4, 0.5) is 0 Å². The molecule has 0 aromatic carbocycles. The minimum Gasteiger partial charge on any atom is -0.481 e. The molecule has 15 heavy (non-hydrogen) atoms. The van der Waals surface area contributed by atoms with Crippen molar-refractivity contribution in [3.05, 3.63) is 22.3 Å². The molecule has 0 radical (unpaired) electrons. The fourth-order valence-electron chi connectivity index (χ4n) is 1.07. The standard InChI is InChI=1S/C10H12BrNO2S/c1-6-3-9(12-5-8(6)11)15-7(2)4-10(13)14/h3,5,7H,4H2,1-2H3,(H,13,14). The van der Waals surface area contributed by atoms with Crippen molar-refractivity contribution in [2.75, 3.05) is 0 Å². The van der Waals surface area contributed by atoms with E-state index < -0.39 is 5.97 Å². The number of nitrogens with zero attached hydrogens (tertiary/aromatic N) is 1. The van der Waals surface area contributed by atoms with Gasteiger partial charge in [0.15, 0.2) is 0 Å². The average molecular weight is 290 g/mol. The molecule has 1 heterocycles. The van der Waals surface area contributed by atoms with Gasteiger partial charge in [-0.2, -0.15) is 0 Å². The molecule has 0 saturated heterocycles. The van der Waals surface area contributed by atoms with Crippen LogP contribution in [-0.2, 0) is 4.79 Å². The SMILES string of the molecule is Cc1cc(SC(C)CC(=O)O)ncc1Br.